The lowest BCUT2D eigenvalue weighted by Gasteiger charge is -2.05. The number of esters is 1. The molecule has 1 aromatic heterocycles. The smallest absolute Gasteiger partial charge is 0.336 e. The number of amides is 1. The quantitative estimate of drug-likeness (QED) is 0.136. The Morgan fingerprint density at radius 2 is 1.97 bits per heavy atom. The fourth-order valence-electron chi connectivity index (χ4n) is 2.43. The van der Waals surface area contributed by atoms with Crippen molar-refractivity contribution in [3.63, 3.8) is 0 Å². The summed E-state index contributed by atoms with van der Waals surface area (Å²) in [6, 6.07) is 15.6. The van der Waals surface area contributed by atoms with Crippen LogP contribution in [0.15, 0.2) is 82.5 Å². The van der Waals surface area contributed by atoms with Crippen LogP contribution in [0.2, 0.25) is 0 Å². The number of benzene rings is 2. The van der Waals surface area contributed by atoms with E-state index in [1.54, 1.807) is 42.5 Å². The summed E-state index contributed by atoms with van der Waals surface area (Å²) in [5.41, 5.74) is 2.57. The second-order valence-electron chi connectivity index (χ2n) is 6.15. The molecule has 162 valence electrons. The van der Waals surface area contributed by atoms with E-state index in [0.29, 0.717) is 11.3 Å². The van der Waals surface area contributed by atoms with Gasteiger partial charge < -0.3 is 13.9 Å². The van der Waals surface area contributed by atoms with Crippen LogP contribution in [0.3, 0.4) is 0 Å². The third-order valence-corrected chi connectivity index (χ3v) is 3.83. The number of rotatable bonds is 9. The fraction of sp³-hybridized carbons (Fsp3) is 0.0455. The van der Waals surface area contributed by atoms with E-state index in [0.717, 1.165) is 0 Å². The highest BCUT2D eigenvalue weighted by molar-refractivity contribution is 5.89. The van der Waals surface area contributed by atoms with Gasteiger partial charge in [-0.2, -0.15) is 5.10 Å². The Bertz CT molecular complexity index is 1150. The van der Waals surface area contributed by atoms with Crippen LogP contribution in [0.25, 0.3) is 6.08 Å². The maximum atomic E-state index is 11.9. The zero-order valence-electron chi connectivity index (χ0n) is 16.5. The first-order valence-corrected chi connectivity index (χ1v) is 9.23. The maximum Gasteiger partial charge on any atom is 0.336 e. The first-order valence-electron chi connectivity index (χ1n) is 9.23. The van der Waals surface area contributed by atoms with E-state index in [2.05, 4.69) is 10.5 Å². The van der Waals surface area contributed by atoms with Gasteiger partial charge in [-0.25, -0.2) is 10.2 Å². The second kappa shape index (κ2) is 10.9. The van der Waals surface area contributed by atoms with Gasteiger partial charge in [-0.05, 0) is 42.0 Å². The van der Waals surface area contributed by atoms with E-state index >= 15 is 0 Å². The molecule has 1 amide bonds. The average Bonchev–Trinajstić information content (AvgIpc) is 3.30. The van der Waals surface area contributed by atoms with E-state index < -0.39 is 23.4 Å². The maximum absolute atomic E-state index is 11.9. The Labute approximate surface area is 181 Å². The summed E-state index contributed by atoms with van der Waals surface area (Å²) in [5, 5.41) is 14.7. The molecule has 1 heterocycles. The molecule has 10 nitrogen and oxygen atoms in total. The number of ether oxygens (including phenoxy) is 2. The molecule has 0 unspecified atom stereocenters. The normalized spacial score (nSPS) is 10.9. The number of nitro groups is 1. The highest BCUT2D eigenvalue weighted by atomic mass is 16.6. The number of carbonyl (C=O) groups is 2. The highest BCUT2D eigenvalue weighted by Crippen LogP contribution is 2.25. The number of hydrogen-bond acceptors (Lipinski definition) is 8. The largest absolute Gasteiger partial charge is 0.477 e. The summed E-state index contributed by atoms with van der Waals surface area (Å²) in [5.74, 6) is -0.410. The topological polar surface area (TPSA) is 133 Å². The number of nitro benzene ring substituents is 1. The van der Waals surface area contributed by atoms with E-state index in [1.807, 2.05) is 0 Å². The minimum Gasteiger partial charge on any atom is -0.477 e. The number of furan rings is 1. The molecule has 10 heteroatoms. The Kier molecular flexibility index (Phi) is 7.47. The summed E-state index contributed by atoms with van der Waals surface area (Å²) in [4.78, 5) is 34.1. The lowest BCUT2D eigenvalue weighted by Crippen LogP contribution is -2.24. The molecule has 0 aliphatic rings. The number of carbonyl (C=O) groups excluding carboxylic acids is 2. The predicted molar refractivity (Wildman–Crippen MR) is 114 cm³/mol. The van der Waals surface area contributed by atoms with E-state index in [9.17, 15) is 19.7 Å². The average molecular weight is 435 g/mol. The number of para-hydroxylation sites is 2. The van der Waals surface area contributed by atoms with Crippen molar-refractivity contribution in [2.75, 3.05) is 6.61 Å². The molecular formula is C22H17N3O7. The molecular weight excluding hydrogens is 418 g/mol. The Balaban J connectivity index is 1.49. The lowest BCUT2D eigenvalue weighted by molar-refractivity contribution is -0.385. The van der Waals surface area contributed by atoms with Gasteiger partial charge in [0, 0.05) is 12.1 Å². The van der Waals surface area contributed by atoms with Crippen LogP contribution in [-0.4, -0.2) is 29.6 Å². The number of hydrogen-bond donors (Lipinski definition) is 1. The van der Waals surface area contributed by atoms with Crippen molar-refractivity contribution in [2.24, 2.45) is 5.10 Å². The first-order chi connectivity index (χ1) is 15.5. The molecule has 0 radical (unpaired) electrons. The molecule has 0 saturated heterocycles. The summed E-state index contributed by atoms with van der Waals surface area (Å²) >= 11 is 0. The Hall–Kier alpha value is -4.73. The van der Waals surface area contributed by atoms with Gasteiger partial charge in [0.2, 0.25) is 0 Å². The zero-order valence-corrected chi connectivity index (χ0v) is 16.5. The summed E-state index contributed by atoms with van der Waals surface area (Å²) < 4.78 is 15.5. The molecule has 32 heavy (non-hydrogen) atoms. The third kappa shape index (κ3) is 6.66. The van der Waals surface area contributed by atoms with Crippen molar-refractivity contribution in [3.05, 3.63) is 94.4 Å². The monoisotopic (exact) mass is 435 g/mol. The van der Waals surface area contributed by atoms with Gasteiger partial charge in [0.15, 0.2) is 12.4 Å². The van der Waals surface area contributed by atoms with Crippen molar-refractivity contribution in [1.29, 1.82) is 0 Å². The fourth-order valence-corrected chi connectivity index (χ4v) is 2.43. The summed E-state index contributed by atoms with van der Waals surface area (Å²) in [6.07, 6.45) is 5.55. The minimum absolute atomic E-state index is 0.0211. The van der Waals surface area contributed by atoms with Crippen LogP contribution in [0, 0.1) is 10.1 Å². The van der Waals surface area contributed by atoms with Crippen LogP contribution >= 0.6 is 0 Å². The van der Waals surface area contributed by atoms with Crippen LogP contribution in [0.5, 0.6) is 11.5 Å². The highest BCUT2D eigenvalue weighted by Gasteiger charge is 2.14. The third-order valence-electron chi connectivity index (χ3n) is 3.83. The minimum atomic E-state index is -0.606. The van der Waals surface area contributed by atoms with Crippen molar-refractivity contribution < 1.29 is 28.4 Å². The van der Waals surface area contributed by atoms with E-state index in [-0.39, 0.29) is 17.2 Å². The van der Waals surface area contributed by atoms with E-state index in [4.69, 9.17) is 13.9 Å². The van der Waals surface area contributed by atoms with Gasteiger partial charge in [-0.3, -0.25) is 14.9 Å². The molecule has 3 aromatic rings. The summed E-state index contributed by atoms with van der Waals surface area (Å²) in [6.45, 7) is -0.456. The van der Waals surface area contributed by atoms with Crippen LogP contribution < -0.4 is 14.9 Å². The van der Waals surface area contributed by atoms with Gasteiger partial charge in [0.1, 0.15) is 11.5 Å². The molecule has 0 aliphatic carbocycles. The van der Waals surface area contributed by atoms with Crippen molar-refractivity contribution >= 4 is 29.9 Å². The van der Waals surface area contributed by atoms with Crippen LogP contribution in [0.1, 0.15) is 11.3 Å². The van der Waals surface area contributed by atoms with Gasteiger partial charge in [0.05, 0.1) is 17.4 Å². The molecule has 0 aliphatic heterocycles. The van der Waals surface area contributed by atoms with Crippen LogP contribution in [-0.2, 0) is 9.59 Å². The number of hydrazone groups is 1. The molecule has 3 rings (SSSR count). The second-order valence-corrected chi connectivity index (χ2v) is 6.15. The Morgan fingerprint density at radius 1 is 1.12 bits per heavy atom. The van der Waals surface area contributed by atoms with Gasteiger partial charge >= 0.3 is 11.7 Å². The zero-order chi connectivity index (χ0) is 22.8. The van der Waals surface area contributed by atoms with Crippen molar-refractivity contribution in [3.8, 4) is 11.5 Å². The van der Waals surface area contributed by atoms with Gasteiger partial charge in [-0.15, -0.1) is 0 Å². The first kappa shape index (κ1) is 22.0. The lowest BCUT2D eigenvalue weighted by atomic mass is 10.2. The molecule has 0 spiro atoms. The molecule has 0 saturated carbocycles. The van der Waals surface area contributed by atoms with Gasteiger partial charge in [-0.1, -0.05) is 24.3 Å². The van der Waals surface area contributed by atoms with Crippen molar-refractivity contribution in [2.45, 2.75) is 0 Å². The SMILES string of the molecule is O=C(COc1ccccc1[N+](=O)[O-])NN=Cc1cccc(OC(=O)C=Cc2ccco2)c1. The number of nitrogens with zero attached hydrogens (tertiary/aromatic N) is 2. The summed E-state index contributed by atoms with van der Waals surface area (Å²) in [7, 11) is 0. The molecule has 0 bridgehead atoms. The predicted octanol–water partition coefficient (Wildman–Crippen LogP) is 3.34. The molecule has 0 atom stereocenters. The standard InChI is InChI=1S/C22H17N3O7/c26-21(15-31-20-9-2-1-8-19(20)25(28)29)24-23-14-16-5-3-6-18(13-16)32-22(27)11-10-17-7-4-12-30-17/h1-14H,15H2,(H,24,26). The molecule has 2 aromatic carbocycles. The van der Waals surface area contributed by atoms with Crippen LogP contribution in [0.4, 0.5) is 5.69 Å². The molecule has 0 fully saturated rings. The molecule has 1 N–H and O–H groups in total. The van der Waals surface area contributed by atoms with E-state index in [1.165, 1.54) is 42.8 Å². The van der Waals surface area contributed by atoms with Gasteiger partial charge in [0.25, 0.3) is 5.91 Å². The Morgan fingerprint density at radius 3 is 2.75 bits per heavy atom. The number of nitrogens with one attached hydrogen (secondary N) is 1. The van der Waals surface area contributed by atoms with Crippen molar-refractivity contribution in [1.82, 2.24) is 5.43 Å².